The fourth-order valence-electron chi connectivity index (χ4n) is 4.09. The second-order valence-electron chi connectivity index (χ2n) is 8.10. The van der Waals surface area contributed by atoms with Gasteiger partial charge in [0.25, 0.3) is 0 Å². The van der Waals surface area contributed by atoms with E-state index in [1.165, 1.54) is 11.8 Å². The van der Waals surface area contributed by atoms with Gasteiger partial charge in [-0.15, -0.1) is 35.3 Å². The molecule has 1 aliphatic heterocycles. The lowest BCUT2D eigenvalue weighted by Crippen LogP contribution is -2.34. The van der Waals surface area contributed by atoms with Gasteiger partial charge in [0.2, 0.25) is 0 Å². The molecule has 1 aromatic rings. The summed E-state index contributed by atoms with van der Waals surface area (Å²) in [4.78, 5) is 41.6. The van der Waals surface area contributed by atoms with Crippen LogP contribution in [0.2, 0.25) is 0 Å². The normalized spacial score (nSPS) is 18.6. The van der Waals surface area contributed by atoms with E-state index >= 15 is 0 Å². The Morgan fingerprint density at radius 3 is 2.39 bits per heavy atom. The fraction of sp³-hybridized carbons (Fsp3) is 0.462. The Balaban J connectivity index is 1.78. The van der Waals surface area contributed by atoms with Gasteiger partial charge in [0.15, 0.2) is 18.2 Å². The molecular weight excluding hydrogens is 516 g/mol. The number of benzene rings is 1. The number of fused-ring (bicyclic) bond motifs is 1. The third kappa shape index (κ3) is 6.77. The average Bonchev–Trinajstić information content (AvgIpc) is 3.27. The number of hydrogen-bond acceptors (Lipinski definition) is 10. The number of hydrogen-bond donors (Lipinski definition) is 1. The first-order chi connectivity index (χ1) is 17.3. The number of ketones is 2. The van der Waals surface area contributed by atoms with Crippen molar-refractivity contribution in [1.29, 1.82) is 5.41 Å². The summed E-state index contributed by atoms with van der Waals surface area (Å²) in [6.07, 6.45) is 7.38. The van der Waals surface area contributed by atoms with Gasteiger partial charge < -0.3 is 14.4 Å². The summed E-state index contributed by atoms with van der Waals surface area (Å²) in [6, 6.07) is 3.65. The van der Waals surface area contributed by atoms with Gasteiger partial charge in [-0.1, -0.05) is 26.0 Å². The zero-order chi connectivity index (χ0) is 26.2. The highest BCUT2D eigenvalue weighted by molar-refractivity contribution is 8.13. The second-order valence-corrected chi connectivity index (χ2v) is 11.6. The molecule has 1 N–H and O–H groups in total. The molecule has 36 heavy (non-hydrogen) atoms. The van der Waals surface area contributed by atoms with Gasteiger partial charge in [-0.25, -0.2) is 4.79 Å². The average molecular weight is 549 g/mol. The molecule has 10 heteroatoms. The van der Waals surface area contributed by atoms with E-state index in [-0.39, 0.29) is 30.6 Å². The summed E-state index contributed by atoms with van der Waals surface area (Å²) in [7, 11) is 0. The minimum atomic E-state index is -0.498. The van der Waals surface area contributed by atoms with Crippen LogP contribution in [0.4, 0.5) is 0 Å². The van der Waals surface area contributed by atoms with Crippen LogP contribution in [0.1, 0.15) is 31.1 Å². The number of esters is 1. The van der Waals surface area contributed by atoms with Gasteiger partial charge in [-0.05, 0) is 42.4 Å². The number of Topliss-reactive ketones (excluding diaryl/α,β-unsaturated/α-hetero) is 2. The van der Waals surface area contributed by atoms with E-state index in [2.05, 4.69) is 0 Å². The van der Waals surface area contributed by atoms with E-state index in [0.29, 0.717) is 29.5 Å². The van der Waals surface area contributed by atoms with Crippen molar-refractivity contribution < 1.29 is 23.9 Å². The Morgan fingerprint density at radius 2 is 1.81 bits per heavy atom. The summed E-state index contributed by atoms with van der Waals surface area (Å²) in [5.41, 5.74) is 1.47. The lowest BCUT2D eigenvalue weighted by atomic mass is 9.84. The van der Waals surface area contributed by atoms with E-state index in [0.717, 1.165) is 26.9 Å². The number of nitrogens with zero attached hydrogens (tertiary/aromatic N) is 1. The smallest absolute Gasteiger partial charge is 0.344 e. The SMILES string of the molecule is CCOC(=O)COc1c(SCC)cc(C(=O)CN2C=C3C=CC(C(=N)SC)C(=O)C3C2)cc1SCC. The van der Waals surface area contributed by atoms with E-state index in [9.17, 15) is 14.4 Å². The molecule has 2 atom stereocenters. The maximum Gasteiger partial charge on any atom is 0.344 e. The van der Waals surface area contributed by atoms with Crippen molar-refractivity contribution in [3.8, 4) is 5.75 Å². The number of carbonyl (C=O) groups is 3. The van der Waals surface area contributed by atoms with Crippen LogP contribution >= 0.6 is 35.3 Å². The maximum absolute atomic E-state index is 13.3. The first kappa shape index (κ1) is 28.4. The number of ether oxygens (including phenoxy) is 2. The molecule has 0 fully saturated rings. The standard InChI is InChI=1S/C26H32N2O5S3/c1-5-32-23(30)15-33-25-21(35-6-2)10-17(11-22(25)36-7-3)20(29)14-28-12-16-8-9-18(26(27)34-4)24(31)19(16)13-28/h8-12,18-19,27H,5-7,13-15H2,1-4H3. The van der Waals surface area contributed by atoms with Crippen LogP contribution in [0, 0.1) is 17.2 Å². The molecule has 0 radical (unpaired) electrons. The molecule has 1 aliphatic carbocycles. The van der Waals surface area contributed by atoms with Gasteiger partial charge in [0.1, 0.15) is 5.75 Å². The molecule has 0 saturated carbocycles. The third-order valence-corrected chi connectivity index (χ3v) is 8.21. The van der Waals surface area contributed by atoms with Crippen molar-refractivity contribution in [3.63, 3.8) is 0 Å². The van der Waals surface area contributed by atoms with Crippen LogP contribution < -0.4 is 4.74 Å². The zero-order valence-electron chi connectivity index (χ0n) is 21.0. The fourth-order valence-corrected chi connectivity index (χ4v) is 6.25. The third-order valence-electron chi connectivity index (χ3n) is 5.71. The lowest BCUT2D eigenvalue weighted by Gasteiger charge is -2.23. The monoisotopic (exact) mass is 548 g/mol. The van der Waals surface area contributed by atoms with Crippen molar-refractivity contribution in [2.75, 3.05) is 44.1 Å². The highest BCUT2D eigenvalue weighted by atomic mass is 32.2. The van der Waals surface area contributed by atoms with Crippen molar-refractivity contribution in [1.82, 2.24) is 4.90 Å². The summed E-state index contributed by atoms with van der Waals surface area (Å²) >= 11 is 4.40. The summed E-state index contributed by atoms with van der Waals surface area (Å²) in [5.74, 6) is 0.894. The number of carbonyl (C=O) groups excluding carboxylic acids is 3. The first-order valence-corrected chi connectivity index (χ1v) is 15.1. The van der Waals surface area contributed by atoms with Gasteiger partial charge in [-0.3, -0.25) is 15.0 Å². The first-order valence-electron chi connectivity index (χ1n) is 11.9. The molecule has 3 rings (SSSR count). The topological polar surface area (TPSA) is 96.8 Å². The Hall–Kier alpha value is -2.17. The van der Waals surface area contributed by atoms with Gasteiger partial charge in [0, 0.05) is 18.3 Å². The predicted molar refractivity (Wildman–Crippen MR) is 148 cm³/mol. The highest BCUT2D eigenvalue weighted by Crippen LogP contribution is 2.40. The largest absolute Gasteiger partial charge is 0.480 e. The molecular formula is C26H32N2O5S3. The number of allylic oxidation sites excluding steroid dienone is 2. The van der Waals surface area contributed by atoms with E-state index < -0.39 is 11.9 Å². The van der Waals surface area contributed by atoms with Gasteiger partial charge in [0.05, 0.1) is 39.8 Å². The molecule has 0 bridgehead atoms. The van der Waals surface area contributed by atoms with Gasteiger partial charge in [-0.2, -0.15) is 0 Å². The minimum absolute atomic E-state index is 0.0180. The second kappa shape index (κ2) is 13.4. The maximum atomic E-state index is 13.3. The molecule has 0 amide bonds. The van der Waals surface area contributed by atoms with Gasteiger partial charge >= 0.3 is 5.97 Å². The number of thioether (sulfide) groups is 3. The molecule has 0 spiro atoms. The zero-order valence-corrected chi connectivity index (χ0v) is 23.4. The predicted octanol–water partition coefficient (Wildman–Crippen LogP) is 4.95. The number of nitrogens with one attached hydrogen (secondary N) is 1. The molecule has 0 aromatic heterocycles. The van der Waals surface area contributed by atoms with Crippen LogP contribution in [0.15, 0.2) is 45.8 Å². The van der Waals surface area contributed by atoms with E-state index in [1.807, 2.05) is 43.2 Å². The molecule has 194 valence electrons. The summed E-state index contributed by atoms with van der Waals surface area (Å²) in [6.45, 7) is 6.49. The Kier molecular flexibility index (Phi) is 10.6. The highest BCUT2D eigenvalue weighted by Gasteiger charge is 2.37. The Labute approximate surface area is 225 Å². The summed E-state index contributed by atoms with van der Waals surface area (Å²) < 4.78 is 10.8. The molecule has 2 unspecified atom stereocenters. The quantitative estimate of drug-likeness (QED) is 0.128. The van der Waals surface area contributed by atoms with Crippen LogP contribution in [0.25, 0.3) is 0 Å². The lowest BCUT2D eigenvalue weighted by molar-refractivity contribution is -0.145. The van der Waals surface area contributed by atoms with E-state index in [1.54, 1.807) is 42.8 Å². The van der Waals surface area contributed by atoms with Crippen LogP contribution in [0.3, 0.4) is 0 Å². The molecule has 7 nitrogen and oxygen atoms in total. The molecule has 1 aromatic carbocycles. The minimum Gasteiger partial charge on any atom is -0.480 e. The molecule has 0 saturated heterocycles. The van der Waals surface area contributed by atoms with Crippen molar-refractivity contribution >= 4 is 57.9 Å². The molecule has 1 heterocycles. The molecule has 2 aliphatic rings. The van der Waals surface area contributed by atoms with E-state index in [4.69, 9.17) is 14.9 Å². The van der Waals surface area contributed by atoms with Crippen molar-refractivity contribution in [3.05, 3.63) is 41.6 Å². The van der Waals surface area contributed by atoms with Crippen LogP contribution in [0.5, 0.6) is 5.75 Å². The van der Waals surface area contributed by atoms with Crippen LogP contribution in [-0.2, 0) is 14.3 Å². The number of rotatable bonds is 12. The van der Waals surface area contributed by atoms with Crippen molar-refractivity contribution in [2.24, 2.45) is 11.8 Å². The van der Waals surface area contributed by atoms with Crippen molar-refractivity contribution in [2.45, 2.75) is 30.6 Å². The summed E-state index contributed by atoms with van der Waals surface area (Å²) in [5, 5.41) is 8.40. The Morgan fingerprint density at radius 1 is 1.14 bits per heavy atom. The Bertz CT molecular complexity index is 1060. The van der Waals surface area contributed by atoms with Crippen LogP contribution in [-0.4, -0.2) is 71.5 Å².